The zero-order chi connectivity index (χ0) is 22.9. The van der Waals surface area contributed by atoms with E-state index in [4.69, 9.17) is 9.90 Å². The molecule has 3 heterocycles. The highest BCUT2D eigenvalue weighted by atomic mass is 19.4. The fourth-order valence-electron chi connectivity index (χ4n) is 4.49. The summed E-state index contributed by atoms with van der Waals surface area (Å²) in [5.41, 5.74) is 0.788. The molecule has 1 amide bonds. The van der Waals surface area contributed by atoms with Crippen molar-refractivity contribution in [2.75, 3.05) is 18.4 Å². The zero-order valence-electron chi connectivity index (χ0n) is 17.3. The number of amides is 1. The Morgan fingerprint density at radius 3 is 2.28 bits per heavy atom. The smallest absolute Gasteiger partial charge is 0.475 e. The third-order valence-electron chi connectivity index (χ3n) is 6.36. The standard InChI is InChI=1S/C19H23N5O.C2HF3O2/c25-19(20-15-5-2-1-3-6-15)18-22-21-17-9-13-10-23(16-7-4-8-16)11-14(13)12-24(17)18;3-2(4,5)1(6)7/h1-3,5-6,13-14,16H,4,7-12H2,(H,20,25);(H,6,7). The van der Waals surface area contributed by atoms with Gasteiger partial charge in [0.15, 0.2) is 0 Å². The number of carboxylic acid groups (broad SMARTS) is 1. The number of hydrogen-bond acceptors (Lipinski definition) is 5. The van der Waals surface area contributed by atoms with Crippen LogP contribution in [0.3, 0.4) is 0 Å². The van der Waals surface area contributed by atoms with Gasteiger partial charge in [-0.25, -0.2) is 4.79 Å². The zero-order valence-corrected chi connectivity index (χ0v) is 17.3. The average Bonchev–Trinajstić information content (AvgIpc) is 3.28. The summed E-state index contributed by atoms with van der Waals surface area (Å²) in [6.07, 6.45) is -0.0438. The molecular formula is C21H24F3N5O3. The Morgan fingerprint density at radius 1 is 1.03 bits per heavy atom. The Labute approximate surface area is 182 Å². The largest absolute Gasteiger partial charge is 0.490 e. The first-order chi connectivity index (χ1) is 15.2. The van der Waals surface area contributed by atoms with Crippen molar-refractivity contribution < 1.29 is 27.9 Å². The van der Waals surface area contributed by atoms with E-state index in [1.807, 2.05) is 34.9 Å². The summed E-state index contributed by atoms with van der Waals surface area (Å²) in [7, 11) is 0. The SMILES string of the molecule is O=C(Nc1ccccc1)c1nnc2n1CC1CN(C3CCC3)CC1C2.O=C(O)C(F)(F)F. The van der Waals surface area contributed by atoms with E-state index in [1.54, 1.807) is 0 Å². The molecule has 3 aliphatic rings. The molecule has 2 unspecified atom stereocenters. The molecule has 1 saturated heterocycles. The summed E-state index contributed by atoms with van der Waals surface area (Å²) < 4.78 is 33.8. The van der Waals surface area contributed by atoms with E-state index in [2.05, 4.69) is 20.4 Å². The van der Waals surface area contributed by atoms with Gasteiger partial charge in [0, 0.05) is 37.8 Å². The molecule has 0 radical (unpaired) electrons. The summed E-state index contributed by atoms with van der Waals surface area (Å²) in [5, 5.41) is 18.6. The van der Waals surface area contributed by atoms with Gasteiger partial charge in [0.1, 0.15) is 5.82 Å². The van der Waals surface area contributed by atoms with Gasteiger partial charge in [0.25, 0.3) is 5.91 Å². The van der Waals surface area contributed by atoms with Gasteiger partial charge in [-0.3, -0.25) is 9.69 Å². The van der Waals surface area contributed by atoms with E-state index < -0.39 is 12.1 Å². The number of alkyl halides is 3. The summed E-state index contributed by atoms with van der Waals surface area (Å²) in [6.45, 7) is 3.22. The van der Waals surface area contributed by atoms with Crippen LogP contribution in [0.4, 0.5) is 18.9 Å². The lowest BCUT2D eigenvalue weighted by Gasteiger charge is -2.34. The van der Waals surface area contributed by atoms with Gasteiger partial charge in [-0.2, -0.15) is 13.2 Å². The van der Waals surface area contributed by atoms with Crippen LogP contribution in [0.25, 0.3) is 0 Å². The molecule has 172 valence electrons. The number of halogens is 3. The first kappa shape index (κ1) is 22.3. The minimum absolute atomic E-state index is 0.169. The third-order valence-corrected chi connectivity index (χ3v) is 6.36. The van der Waals surface area contributed by atoms with Gasteiger partial charge < -0.3 is 15.0 Å². The third kappa shape index (κ3) is 4.77. The maximum Gasteiger partial charge on any atom is 0.490 e. The van der Waals surface area contributed by atoms with Gasteiger partial charge in [-0.15, -0.1) is 10.2 Å². The Morgan fingerprint density at radius 2 is 1.69 bits per heavy atom. The van der Waals surface area contributed by atoms with Crippen molar-refractivity contribution in [3.63, 3.8) is 0 Å². The molecule has 0 spiro atoms. The van der Waals surface area contributed by atoms with Crippen molar-refractivity contribution in [1.82, 2.24) is 19.7 Å². The van der Waals surface area contributed by atoms with Crippen molar-refractivity contribution in [3.8, 4) is 0 Å². The van der Waals surface area contributed by atoms with Crippen LogP contribution in [0.2, 0.25) is 0 Å². The number of anilines is 1. The number of benzene rings is 1. The molecule has 1 aromatic heterocycles. The molecule has 32 heavy (non-hydrogen) atoms. The molecule has 11 heteroatoms. The lowest BCUT2D eigenvalue weighted by molar-refractivity contribution is -0.192. The van der Waals surface area contributed by atoms with Crippen molar-refractivity contribution in [3.05, 3.63) is 42.0 Å². The van der Waals surface area contributed by atoms with Crippen LogP contribution in [0.5, 0.6) is 0 Å². The molecule has 0 bridgehead atoms. The Bertz CT molecular complexity index is 975. The molecule has 8 nitrogen and oxygen atoms in total. The van der Waals surface area contributed by atoms with Crippen molar-refractivity contribution in [2.45, 2.75) is 44.4 Å². The predicted octanol–water partition coefficient (Wildman–Crippen LogP) is 2.82. The van der Waals surface area contributed by atoms with E-state index >= 15 is 0 Å². The summed E-state index contributed by atoms with van der Waals surface area (Å²) in [6, 6.07) is 10.3. The Hall–Kier alpha value is -2.95. The topological polar surface area (TPSA) is 100 Å². The van der Waals surface area contributed by atoms with Crippen LogP contribution in [0, 0.1) is 11.8 Å². The number of likely N-dealkylation sites (tertiary alicyclic amines) is 1. The summed E-state index contributed by atoms with van der Waals surface area (Å²) in [5.74, 6) is -0.228. The lowest BCUT2D eigenvalue weighted by atomic mass is 9.89. The number of rotatable bonds is 3. The van der Waals surface area contributed by atoms with Gasteiger partial charge in [0.2, 0.25) is 5.82 Å². The van der Waals surface area contributed by atoms with E-state index in [0.29, 0.717) is 17.7 Å². The highest BCUT2D eigenvalue weighted by Crippen LogP contribution is 2.37. The van der Waals surface area contributed by atoms with Crippen LogP contribution < -0.4 is 5.32 Å². The molecule has 2 fully saturated rings. The summed E-state index contributed by atoms with van der Waals surface area (Å²) >= 11 is 0. The number of carbonyl (C=O) groups is 2. The van der Waals surface area contributed by atoms with Crippen molar-refractivity contribution in [2.24, 2.45) is 11.8 Å². The second kappa shape index (κ2) is 8.89. The molecule has 1 aliphatic carbocycles. The second-order valence-electron chi connectivity index (χ2n) is 8.44. The van der Waals surface area contributed by atoms with Gasteiger partial charge >= 0.3 is 12.1 Å². The molecule has 2 aromatic rings. The highest BCUT2D eigenvalue weighted by molar-refractivity contribution is 6.01. The lowest BCUT2D eigenvalue weighted by Crippen LogP contribution is -2.38. The maximum atomic E-state index is 12.6. The van der Waals surface area contributed by atoms with Crippen molar-refractivity contribution in [1.29, 1.82) is 0 Å². The van der Waals surface area contributed by atoms with Gasteiger partial charge in [-0.1, -0.05) is 24.6 Å². The second-order valence-corrected chi connectivity index (χ2v) is 8.44. The molecule has 1 aromatic carbocycles. The van der Waals surface area contributed by atoms with Crippen LogP contribution in [0.15, 0.2) is 30.3 Å². The highest BCUT2D eigenvalue weighted by Gasteiger charge is 2.42. The van der Waals surface area contributed by atoms with Crippen LogP contribution in [-0.4, -0.2) is 62.0 Å². The number of para-hydroxylation sites is 1. The Balaban J connectivity index is 0.000000307. The fourth-order valence-corrected chi connectivity index (χ4v) is 4.49. The van der Waals surface area contributed by atoms with E-state index in [0.717, 1.165) is 37.1 Å². The number of aliphatic carboxylic acids is 1. The average molecular weight is 451 g/mol. The number of aromatic nitrogens is 3. The van der Waals surface area contributed by atoms with Crippen LogP contribution >= 0.6 is 0 Å². The van der Waals surface area contributed by atoms with Gasteiger partial charge in [0.05, 0.1) is 0 Å². The number of nitrogens with zero attached hydrogens (tertiary/aromatic N) is 4. The number of carbonyl (C=O) groups excluding carboxylic acids is 1. The van der Waals surface area contributed by atoms with Crippen LogP contribution in [-0.2, 0) is 17.8 Å². The minimum atomic E-state index is -5.08. The molecule has 1 saturated carbocycles. The first-order valence-electron chi connectivity index (χ1n) is 10.5. The monoisotopic (exact) mass is 451 g/mol. The first-order valence-corrected chi connectivity index (χ1v) is 10.5. The van der Waals surface area contributed by atoms with E-state index in [9.17, 15) is 18.0 Å². The van der Waals surface area contributed by atoms with E-state index in [1.165, 1.54) is 25.8 Å². The van der Waals surface area contributed by atoms with Crippen molar-refractivity contribution >= 4 is 17.6 Å². The van der Waals surface area contributed by atoms with E-state index in [-0.39, 0.29) is 5.91 Å². The molecular weight excluding hydrogens is 427 g/mol. The van der Waals surface area contributed by atoms with Crippen LogP contribution in [0.1, 0.15) is 35.7 Å². The quantitative estimate of drug-likeness (QED) is 0.745. The Kier molecular flexibility index (Phi) is 6.18. The minimum Gasteiger partial charge on any atom is -0.475 e. The van der Waals surface area contributed by atoms with Gasteiger partial charge in [-0.05, 0) is 36.8 Å². The predicted molar refractivity (Wildman–Crippen MR) is 108 cm³/mol. The normalized spacial score (nSPS) is 22.7. The molecule has 2 N–H and O–H groups in total. The number of hydrogen-bond donors (Lipinski definition) is 2. The summed E-state index contributed by atoms with van der Waals surface area (Å²) in [4.78, 5) is 24.2. The molecule has 5 rings (SSSR count). The molecule has 2 atom stereocenters. The maximum absolute atomic E-state index is 12.6. The fraction of sp³-hybridized carbons (Fsp3) is 0.524. The molecule has 2 aliphatic heterocycles. The number of nitrogens with one attached hydrogen (secondary N) is 1. The number of carboxylic acids is 1. The number of fused-ring (bicyclic) bond motifs is 2.